The van der Waals surface area contributed by atoms with Crippen LogP contribution in [0.2, 0.25) is 0 Å². The predicted molar refractivity (Wildman–Crippen MR) is 78.3 cm³/mol. The number of carbonyl (C=O) groups excluding carboxylic acids is 2. The Morgan fingerprint density at radius 1 is 1.00 bits per heavy atom. The van der Waals surface area contributed by atoms with Crippen LogP contribution in [0.15, 0.2) is 0 Å². The number of piperazine rings is 1. The molecule has 2 saturated heterocycles. The topological polar surface area (TPSA) is 52.7 Å². The number of amides is 2. The lowest BCUT2D eigenvalue weighted by Crippen LogP contribution is -2.52. The average molecular weight is 281 g/mol. The summed E-state index contributed by atoms with van der Waals surface area (Å²) in [6.45, 7) is 6.59. The molecule has 0 aromatic carbocycles. The van der Waals surface area contributed by atoms with E-state index in [0.717, 1.165) is 44.9 Å². The summed E-state index contributed by atoms with van der Waals surface area (Å²) in [5, 5.41) is 3.20. The summed E-state index contributed by atoms with van der Waals surface area (Å²) in [7, 11) is 0. The van der Waals surface area contributed by atoms with Crippen molar-refractivity contribution in [3.05, 3.63) is 0 Å². The van der Waals surface area contributed by atoms with Gasteiger partial charge in [0.2, 0.25) is 0 Å². The highest BCUT2D eigenvalue weighted by atomic mass is 16.2. The highest BCUT2D eigenvalue weighted by Gasteiger charge is 2.29. The van der Waals surface area contributed by atoms with Crippen molar-refractivity contribution < 1.29 is 9.59 Å². The molecule has 0 aromatic rings. The van der Waals surface area contributed by atoms with Gasteiger partial charge in [0.05, 0.1) is 0 Å². The summed E-state index contributed by atoms with van der Waals surface area (Å²) in [5.74, 6) is 0.136. The van der Waals surface area contributed by atoms with Gasteiger partial charge in [0.1, 0.15) is 0 Å². The maximum Gasteiger partial charge on any atom is 0.312 e. The molecule has 2 aliphatic rings. The number of hydrogen-bond acceptors (Lipinski definition) is 3. The zero-order valence-corrected chi connectivity index (χ0v) is 12.6. The summed E-state index contributed by atoms with van der Waals surface area (Å²) < 4.78 is 0. The fourth-order valence-electron chi connectivity index (χ4n) is 3.20. The van der Waals surface area contributed by atoms with Gasteiger partial charge in [-0.2, -0.15) is 0 Å². The molecule has 5 heteroatoms. The third kappa shape index (κ3) is 3.95. The van der Waals surface area contributed by atoms with Gasteiger partial charge >= 0.3 is 11.8 Å². The van der Waals surface area contributed by atoms with Gasteiger partial charge in [-0.15, -0.1) is 0 Å². The number of nitrogens with one attached hydrogen (secondary N) is 1. The first-order valence-corrected chi connectivity index (χ1v) is 8.01. The Morgan fingerprint density at radius 2 is 1.65 bits per heavy atom. The summed E-state index contributed by atoms with van der Waals surface area (Å²) in [6, 6.07) is 0. The molecule has 2 aliphatic heterocycles. The normalized spacial score (nSPS) is 24.4. The van der Waals surface area contributed by atoms with Crippen molar-refractivity contribution in [1.82, 2.24) is 15.1 Å². The Balaban J connectivity index is 1.86. The van der Waals surface area contributed by atoms with E-state index in [9.17, 15) is 9.59 Å². The van der Waals surface area contributed by atoms with Crippen LogP contribution in [0.25, 0.3) is 0 Å². The second kappa shape index (κ2) is 7.62. The molecule has 2 amide bonds. The van der Waals surface area contributed by atoms with Crippen LogP contribution >= 0.6 is 0 Å². The minimum Gasteiger partial charge on any atom is -0.334 e. The molecule has 114 valence electrons. The van der Waals surface area contributed by atoms with E-state index in [1.165, 1.54) is 19.3 Å². The van der Waals surface area contributed by atoms with Crippen molar-refractivity contribution in [2.75, 3.05) is 39.3 Å². The Kier molecular flexibility index (Phi) is 5.83. The molecule has 0 bridgehead atoms. The Morgan fingerprint density at radius 3 is 2.30 bits per heavy atom. The molecule has 1 N–H and O–H groups in total. The molecule has 1 unspecified atom stereocenters. The number of likely N-dealkylation sites (tertiary alicyclic amines) is 1. The van der Waals surface area contributed by atoms with E-state index in [0.29, 0.717) is 13.1 Å². The van der Waals surface area contributed by atoms with Crippen LogP contribution in [0.1, 0.15) is 39.0 Å². The predicted octanol–water partition coefficient (Wildman–Crippen LogP) is 0.847. The van der Waals surface area contributed by atoms with E-state index in [4.69, 9.17) is 0 Å². The summed E-state index contributed by atoms with van der Waals surface area (Å²) >= 11 is 0. The molecule has 2 rings (SSSR count). The van der Waals surface area contributed by atoms with Gasteiger partial charge in [-0.1, -0.05) is 19.8 Å². The third-order valence-electron chi connectivity index (χ3n) is 4.42. The molecular weight excluding hydrogens is 254 g/mol. The van der Waals surface area contributed by atoms with E-state index in [-0.39, 0.29) is 11.8 Å². The largest absolute Gasteiger partial charge is 0.334 e. The molecule has 0 saturated carbocycles. The van der Waals surface area contributed by atoms with E-state index < -0.39 is 0 Å². The third-order valence-corrected chi connectivity index (χ3v) is 4.42. The van der Waals surface area contributed by atoms with Crippen LogP contribution in [0.5, 0.6) is 0 Å². The molecule has 5 nitrogen and oxygen atoms in total. The minimum absolute atomic E-state index is 0.288. The highest BCUT2D eigenvalue weighted by Crippen LogP contribution is 2.22. The zero-order valence-electron chi connectivity index (χ0n) is 12.6. The van der Waals surface area contributed by atoms with E-state index in [1.807, 2.05) is 0 Å². The maximum absolute atomic E-state index is 12.3. The molecule has 2 heterocycles. The first-order valence-electron chi connectivity index (χ1n) is 8.01. The van der Waals surface area contributed by atoms with Gasteiger partial charge in [-0.25, -0.2) is 0 Å². The van der Waals surface area contributed by atoms with Crippen molar-refractivity contribution in [2.45, 2.75) is 39.0 Å². The van der Waals surface area contributed by atoms with Crippen molar-refractivity contribution in [1.29, 1.82) is 0 Å². The van der Waals surface area contributed by atoms with Gasteiger partial charge in [-0.3, -0.25) is 9.59 Å². The average Bonchev–Trinajstić information content (AvgIpc) is 2.73. The van der Waals surface area contributed by atoms with Gasteiger partial charge in [-0.05, 0) is 25.2 Å². The van der Waals surface area contributed by atoms with Crippen LogP contribution in [0.4, 0.5) is 0 Å². The SMILES string of the molecule is CCCC1CCCN(C(=O)C(=O)N2CCNCC2)CC1. The number of hydrogen-bond donors (Lipinski definition) is 1. The summed E-state index contributed by atoms with van der Waals surface area (Å²) in [5.41, 5.74) is 0. The first kappa shape index (κ1) is 15.3. The zero-order chi connectivity index (χ0) is 14.4. The second-order valence-electron chi connectivity index (χ2n) is 5.92. The molecule has 2 fully saturated rings. The standard InChI is InChI=1S/C15H27N3O2/c1-2-4-13-5-3-9-17(10-6-13)14(19)15(20)18-11-7-16-8-12-18/h13,16H,2-12H2,1H3. The molecule has 0 aliphatic carbocycles. The van der Waals surface area contributed by atoms with Crippen LogP contribution < -0.4 is 5.32 Å². The Bertz CT molecular complexity index is 340. The van der Waals surface area contributed by atoms with Crippen molar-refractivity contribution in [3.8, 4) is 0 Å². The minimum atomic E-state index is -0.305. The van der Waals surface area contributed by atoms with Gasteiger partial charge in [0, 0.05) is 39.3 Å². The van der Waals surface area contributed by atoms with Crippen LogP contribution in [0, 0.1) is 5.92 Å². The number of nitrogens with zero attached hydrogens (tertiary/aromatic N) is 2. The second-order valence-corrected chi connectivity index (χ2v) is 5.92. The Hall–Kier alpha value is -1.10. The van der Waals surface area contributed by atoms with Crippen LogP contribution in [-0.2, 0) is 9.59 Å². The highest BCUT2D eigenvalue weighted by molar-refractivity contribution is 6.34. The lowest BCUT2D eigenvalue weighted by molar-refractivity contribution is -0.152. The van der Waals surface area contributed by atoms with Crippen LogP contribution in [-0.4, -0.2) is 60.9 Å². The lowest BCUT2D eigenvalue weighted by atomic mass is 9.96. The van der Waals surface area contributed by atoms with E-state index >= 15 is 0 Å². The first-order chi connectivity index (χ1) is 9.72. The molecule has 0 radical (unpaired) electrons. The number of carbonyl (C=O) groups is 2. The van der Waals surface area contributed by atoms with E-state index in [2.05, 4.69) is 12.2 Å². The molecule has 1 atom stereocenters. The molecule has 20 heavy (non-hydrogen) atoms. The number of rotatable bonds is 2. The fourth-order valence-corrected chi connectivity index (χ4v) is 3.20. The van der Waals surface area contributed by atoms with Gasteiger partial charge < -0.3 is 15.1 Å². The maximum atomic E-state index is 12.3. The fraction of sp³-hybridized carbons (Fsp3) is 0.867. The summed E-state index contributed by atoms with van der Waals surface area (Å²) in [4.78, 5) is 28.0. The van der Waals surface area contributed by atoms with Gasteiger partial charge in [0.25, 0.3) is 0 Å². The molecular formula is C15H27N3O2. The quantitative estimate of drug-likeness (QED) is 0.763. The summed E-state index contributed by atoms with van der Waals surface area (Å²) in [6.07, 6.45) is 5.73. The van der Waals surface area contributed by atoms with Gasteiger partial charge in [0.15, 0.2) is 0 Å². The van der Waals surface area contributed by atoms with Crippen molar-refractivity contribution in [3.63, 3.8) is 0 Å². The van der Waals surface area contributed by atoms with Crippen molar-refractivity contribution in [2.24, 2.45) is 5.92 Å². The molecule has 0 aromatic heterocycles. The smallest absolute Gasteiger partial charge is 0.312 e. The lowest BCUT2D eigenvalue weighted by Gasteiger charge is -2.29. The monoisotopic (exact) mass is 281 g/mol. The Labute approximate surface area is 121 Å². The van der Waals surface area contributed by atoms with E-state index in [1.54, 1.807) is 9.80 Å². The molecule has 0 spiro atoms. The van der Waals surface area contributed by atoms with Crippen LogP contribution in [0.3, 0.4) is 0 Å². The van der Waals surface area contributed by atoms with Crippen molar-refractivity contribution >= 4 is 11.8 Å².